The Bertz CT molecular complexity index is 635. The Morgan fingerprint density at radius 2 is 1.89 bits per heavy atom. The molecule has 0 saturated carbocycles. The van der Waals surface area contributed by atoms with Gasteiger partial charge < -0.3 is 0 Å². The van der Waals surface area contributed by atoms with Gasteiger partial charge in [-0.1, -0.05) is 33.6 Å². The first-order chi connectivity index (χ1) is 8.97. The van der Waals surface area contributed by atoms with Crippen molar-refractivity contribution in [2.24, 2.45) is 0 Å². The van der Waals surface area contributed by atoms with Crippen LogP contribution in [0.3, 0.4) is 0 Å². The van der Waals surface area contributed by atoms with Crippen LogP contribution in [0.25, 0.3) is 0 Å². The maximum Gasteiger partial charge on any atom is 0.168 e. The van der Waals surface area contributed by atoms with Gasteiger partial charge in [-0.15, -0.1) is 0 Å². The molecule has 0 unspecified atom stereocenters. The van der Waals surface area contributed by atoms with Gasteiger partial charge in [-0.2, -0.15) is 0 Å². The van der Waals surface area contributed by atoms with Crippen molar-refractivity contribution in [1.82, 2.24) is 0 Å². The van der Waals surface area contributed by atoms with Crippen LogP contribution < -0.4 is 0 Å². The molecule has 0 fully saturated rings. The Hall–Kier alpha value is -1.48. The highest BCUT2D eigenvalue weighted by Gasteiger charge is 2.12. The molecule has 0 aliphatic carbocycles. The monoisotopic (exact) mass is 320 g/mol. The Morgan fingerprint density at radius 1 is 1.16 bits per heavy atom. The molecule has 0 bridgehead atoms. The lowest BCUT2D eigenvalue weighted by Crippen LogP contribution is -2.06. The third-order valence-corrected chi connectivity index (χ3v) is 3.77. The normalized spacial score (nSPS) is 10.5. The number of carbonyl (C=O) groups excluding carboxylic acids is 1. The molecular formula is C16H14BrFO. The minimum Gasteiger partial charge on any atom is -0.294 e. The van der Waals surface area contributed by atoms with Crippen LogP contribution in [0.5, 0.6) is 0 Å². The lowest BCUT2D eigenvalue weighted by Gasteiger charge is -2.07. The molecule has 0 aromatic heterocycles. The van der Waals surface area contributed by atoms with Crippen LogP contribution in [-0.2, 0) is 6.42 Å². The highest BCUT2D eigenvalue weighted by molar-refractivity contribution is 9.10. The summed E-state index contributed by atoms with van der Waals surface area (Å²) in [6, 6.07) is 10.2. The maximum atomic E-state index is 13.0. The van der Waals surface area contributed by atoms with Crippen molar-refractivity contribution in [3.63, 3.8) is 0 Å². The highest BCUT2D eigenvalue weighted by atomic mass is 79.9. The summed E-state index contributed by atoms with van der Waals surface area (Å²) in [7, 11) is 0. The summed E-state index contributed by atoms with van der Waals surface area (Å²) in [5.74, 6) is -0.240. The Kier molecular flexibility index (Phi) is 4.15. The smallest absolute Gasteiger partial charge is 0.168 e. The molecule has 2 aromatic rings. The van der Waals surface area contributed by atoms with Crippen LogP contribution in [0.4, 0.5) is 4.39 Å². The molecule has 19 heavy (non-hydrogen) atoms. The first-order valence-electron chi connectivity index (χ1n) is 6.02. The number of Topliss-reactive ketones (excluding diaryl/α,β-unsaturated/α-hetero) is 1. The molecule has 2 rings (SSSR count). The van der Waals surface area contributed by atoms with Gasteiger partial charge in [-0.3, -0.25) is 4.79 Å². The second-order valence-electron chi connectivity index (χ2n) is 4.65. The molecule has 0 aliphatic heterocycles. The molecule has 0 aliphatic rings. The number of hydrogen-bond donors (Lipinski definition) is 0. The van der Waals surface area contributed by atoms with E-state index < -0.39 is 0 Å². The third kappa shape index (κ3) is 3.29. The Labute approximate surface area is 120 Å². The molecule has 0 amide bonds. The van der Waals surface area contributed by atoms with Gasteiger partial charge in [0.15, 0.2) is 5.78 Å². The topological polar surface area (TPSA) is 17.1 Å². The number of ketones is 1. The molecule has 1 nitrogen and oxygen atoms in total. The first kappa shape index (κ1) is 13.9. The number of benzene rings is 2. The average molecular weight is 321 g/mol. The van der Waals surface area contributed by atoms with Gasteiger partial charge in [0.1, 0.15) is 5.82 Å². The molecule has 2 aromatic carbocycles. The van der Waals surface area contributed by atoms with Crippen molar-refractivity contribution in [1.29, 1.82) is 0 Å². The fourth-order valence-electron chi connectivity index (χ4n) is 1.98. The summed E-state index contributed by atoms with van der Waals surface area (Å²) in [4.78, 5) is 12.3. The van der Waals surface area contributed by atoms with Gasteiger partial charge in [0.05, 0.1) is 0 Å². The van der Waals surface area contributed by atoms with E-state index in [1.807, 2.05) is 32.0 Å². The number of aryl methyl sites for hydroxylation is 2. The zero-order chi connectivity index (χ0) is 14.0. The van der Waals surface area contributed by atoms with E-state index in [4.69, 9.17) is 0 Å². The van der Waals surface area contributed by atoms with E-state index in [0.29, 0.717) is 5.56 Å². The highest BCUT2D eigenvalue weighted by Crippen LogP contribution is 2.21. The SMILES string of the molecule is Cc1ccc(Br)c(C(=O)Cc2ccc(F)cc2C)c1. The van der Waals surface area contributed by atoms with E-state index in [1.54, 1.807) is 6.07 Å². The lowest BCUT2D eigenvalue weighted by atomic mass is 9.98. The second kappa shape index (κ2) is 5.66. The molecule has 0 saturated heterocycles. The molecule has 3 heteroatoms. The van der Waals surface area contributed by atoms with Gasteiger partial charge >= 0.3 is 0 Å². The van der Waals surface area contributed by atoms with E-state index >= 15 is 0 Å². The Morgan fingerprint density at radius 3 is 2.58 bits per heavy atom. The van der Waals surface area contributed by atoms with E-state index in [1.165, 1.54) is 12.1 Å². The van der Waals surface area contributed by atoms with Crippen molar-refractivity contribution in [3.8, 4) is 0 Å². The van der Waals surface area contributed by atoms with Crippen LogP contribution in [-0.4, -0.2) is 5.78 Å². The minimum absolute atomic E-state index is 0.0327. The van der Waals surface area contributed by atoms with Crippen LogP contribution >= 0.6 is 15.9 Å². The fourth-order valence-corrected chi connectivity index (χ4v) is 2.45. The Balaban J connectivity index is 2.28. The van der Waals surface area contributed by atoms with Crippen molar-refractivity contribution in [3.05, 3.63) is 68.9 Å². The van der Waals surface area contributed by atoms with Crippen LogP contribution in [0, 0.1) is 19.7 Å². The van der Waals surface area contributed by atoms with Gasteiger partial charge in [0.25, 0.3) is 0 Å². The summed E-state index contributed by atoms with van der Waals surface area (Å²) < 4.78 is 13.8. The van der Waals surface area contributed by atoms with Crippen LogP contribution in [0.2, 0.25) is 0 Å². The van der Waals surface area contributed by atoms with E-state index in [9.17, 15) is 9.18 Å². The van der Waals surface area contributed by atoms with Gasteiger partial charge in [-0.05, 0) is 49.2 Å². The lowest BCUT2D eigenvalue weighted by molar-refractivity contribution is 0.0992. The molecule has 98 valence electrons. The summed E-state index contributed by atoms with van der Waals surface area (Å²) >= 11 is 3.39. The second-order valence-corrected chi connectivity index (χ2v) is 5.51. The fraction of sp³-hybridized carbons (Fsp3) is 0.188. The van der Waals surface area contributed by atoms with E-state index in [2.05, 4.69) is 15.9 Å². The summed E-state index contributed by atoms with van der Waals surface area (Å²) in [6.45, 7) is 3.77. The molecule has 0 radical (unpaired) electrons. The maximum absolute atomic E-state index is 13.0. The predicted molar refractivity (Wildman–Crippen MR) is 78.1 cm³/mol. The van der Waals surface area contributed by atoms with Gasteiger partial charge in [0, 0.05) is 16.5 Å². The third-order valence-electron chi connectivity index (χ3n) is 3.08. The molecule has 0 atom stereocenters. The minimum atomic E-state index is -0.273. The molecule has 0 heterocycles. The van der Waals surface area contributed by atoms with Gasteiger partial charge in [0.2, 0.25) is 0 Å². The quantitative estimate of drug-likeness (QED) is 0.753. The number of carbonyl (C=O) groups is 1. The summed E-state index contributed by atoms with van der Waals surface area (Å²) in [5, 5.41) is 0. The van der Waals surface area contributed by atoms with Crippen molar-refractivity contribution in [2.45, 2.75) is 20.3 Å². The zero-order valence-corrected chi connectivity index (χ0v) is 12.4. The average Bonchev–Trinajstić information content (AvgIpc) is 2.35. The van der Waals surface area contributed by atoms with E-state index in [0.717, 1.165) is 21.2 Å². The standard InChI is InChI=1S/C16H14BrFO/c1-10-3-6-15(17)14(7-10)16(19)9-12-4-5-13(18)8-11(12)2/h3-8H,9H2,1-2H3. The van der Waals surface area contributed by atoms with Gasteiger partial charge in [-0.25, -0.2) is 4.39 Å². The van der Waals surface area contributed by atoms with Crippen LogP contribution in [0.15, 0.2) is 40.9 Å². The summed E-state index contributed by atoms with van der Waals surface area (Å²) in [6.07, 6.45) is 0.286. The number of rotatable bonds is 3. The van der Waals surface area contributed by atoms with Crippen molar-refractivity contribution < 1.29 is 9.18 Å². The van der Waals surface area contributed by atoms with E-state index in [-0.39, 0.29) is 18.0 Å². The molecule has 0 N–H and O–H groups in total. The molecular weight excluding hydrogens is 307 g/mol. The van der Waals surface area contributed by atoms with Crippen molar-refractivity contribution in [2.75, 3.05) is 0 Å². The van der Waals surface area contributed by atoms with Crippen LogP contribution in [0.1, 0.15) is 27.0 Å². The first-order valence-corrected chi connectivity index (χ1v) is 6.81. The number of halogens is 2. The summed E-state index contributed by atoms with van der Waals surface area (Å²) in [5.41, 5.74) is 3.38. The number of hydrogen-bond acceptors (Lipinski definition) is 1. The zero-order valence-electron chi connectivity index (χ0n) is 10.8. The molecule has 0 spiro atoms. The van der Waals surface area contributed by atoms with Crippen molar-refractivity contribution >= 4 is 21.7 Å². The predicted octanol–water partition coefficient (Wildman–Crippen LogP) is 4.63. The largest absolute Gasteiger partial charge is 0.294 e.